The van der Waals surface area contributed by atoms with E-state index in [1.54, 1.807) is 23.0 Å². The van der Waals surface area contributed by atoms with E-state index in [1.807, 2.05) is 13.0 Å². The van der Waals surface area contributed by atoms with Gasteiger partial charge in [0.2, 0.25) is 0 Å². The molecule has 96 valence electrons. The van der Waals surface area contributed by atoms with E-state index >= 15 is 0 Å². The molecule has 0 spiro atoms. The Hall–Kier alpha value is -1.33. The number of nitrogens with zero attached hydrogens (tertiary/aromatic N) is 2. The zero-order valence-electron chi connectivity index (χ0n) is 10.1. The fourth-order valence-corrected chi connectivity index (χ4v) is 2.53. The van der Waals surface area contributed by atoms with Gasteiger partial charge in [-0.1, -0.05) is 0 Å². The predicted octanol–water partition coefficient (Wildman–Crippen LogP) is 2.87. The molecule has 1 heterocycles. The van der Waals surface area contributed by atoms with Gasteiger partial charge in [-0.2, -0.15) is 5.10 Å². The van der Waals surface area contributed by atoms with Crippen LogP contribution in [-0.4, -0.2) is 20.6 Å². The molecule has 0 fully saturated rings. The molecule has 1 N–H and O–H groups in total. The number of benzene rings is 1. The number of rotatable bonds is 5. The summed E-state index contributed by atoms with van der Waals surface area (Å²) in [5, 5.41) is 14.2. The van der Waals surface area contributed by atoms with Crippen molar-refractivity contribution in [3.8, 4) is 0 Å². The monoisotopic (exact) mass is 266 g/mol. The third-order valence-electron chi connectivity index (χ3n) is 2.61. The Balaban J connectivity index is 1.96. The van der Waals surface area contributed by atoms with Gasteiger partial charge in [0.15, 0.2) is 0 Å². The molecule has 1 aromatic heterocycles. The van der Waals surface area contributed by atoms with E-state index in [4.69, 9.17) is 0 Å². The Kier molecular flexibility index (Phi) is 4.38. The molecule has 0 saturated heterocycles. The van der Waals surface area contributed by atoms with Crippen LogP contribution in [0, 0.1) is 5.82 Å². The van der Waals surface area contributed by atoms with Gasteiger partial charge in [0.1, 0.15) is 11.9 Å². The largest absolute Gasteiger partial charge is 0.386 e. The van der Waals surface area contributed by atoms with Crippen LogP contribution in [0.1, 0.15) is 18.7 Å². The van der Waals surface area contributed by atoms with E-state index in [0.717, 1.165) is 17.1 Å². The van der Waals surface area contributed by atoms with Crippen molar-refractivity contribution in [1.29, 1.82) is 0 Å². The Morgan fingerprint density at radius 1 is 1.33 bits per heavy atom. The van der Waals surface area contributed by atoms with Gasteiger partial charge in [-0.3, -0.25) is 4.68 Å². The molecule has 0 bridgehead atoms. The molecule has 0 aliphatic rings. The van der Waals surface area contributed by atoms with Crippen molar-refractivity contribution in [3.05, 3.63) is 48.0 Å². The number of aromatic nitrogens is 2. The van der Waals surface area contributed by atoms with Crippen LogP contribution >= 0.6 is 11.8 Å². The summed E-state index contributed by atoms with van der Waals surface area (Å²) in [5.41, 5.74) is 0.812. The van der Waals surface area contributed by atoms with E-state index < -0.39 is 6.10 Å². The molecule has 2 rings (SSSR count). The van der Waals surface area contributed by atoms with Crippen LogP contribution in [0.3, 0.4) is 0 Å². The minimum absolute atomic E-state index is 0.246. The fourth-order valence-electron chi connectivity index (χ4n) is 1.68. The number of hydrogen-bond donors (Lipinski definition) is 1. The summed E-state index contributed by atoms with van der Waals surface area (Å²) in [6, 6.07) is 8.09. The first-order chi connectivity index (χ1) is 8.70. The highest BCUT2D eigenvalue weighted by Gasteiger charge is 2.12. The van der Waals surface area contributed by atoms with Crippen molar-refractivity contribution in [2.75, 3.05) is 5.75 Å². The molecule has 0 radical (unpaired) electrons. The third kappa shape index (κ3) is 3.11. The highest BCUT2D eigenvalue weighted by molar-refractivity contribution is 7.99. The molecule has 0 saturated carbocycles. The van der Waals surface area contributed by atoms with Crippen molar-refractivity contribution < 1.29 is 9.50 Å². The Morgan fingerprint density at radius 3 is 2.72 bits per heavy atom. The summed E-state index contributed by atoms with van der Waals surface area (Å²) in [4.78, 5) is 0.943. The smallest absolute Gasteiger partial charge is 0.123 e. The van der Waals surface area contributed by atoms with E-state index in [2.05, 4.69) is 5.10 Å². The van der Waals surface area contributed by atoms with E-state index in [1.165, 1.54) is 23.9 Å². The maximum absolute atomic E-state index is 12.7. The molecule has 1 aromatic carbocycles. The summed E-state index contributed by atoms with van der Waals surface area (Å²) in [6.07, 6.45) is 1.12. The number of hydrogen-bond acceptors (Lipinski definition) is 3. The second-order valence-corrected chi connectivity index (χ2v) is 4.95. The number of aliphatic hydroxyl groups is 1. The maximum Gasteiger partial charge on any atom is 0.123 e. The fraction of sp³-hybridized carbons (Fsp3) is 0.308. The zero-order valence-corrected chi connectivity index (χ0v) is 10.9. The lowest BCUT2D eigenvalue weighted by atomic mass is 10.3. The molecule has 0 amide bonds. The summed E-state index contributed by atoms with van der Waals surface area (Å²) in [7, 11) is 0. The topological polar surface area (TPSA) is 38.0 Å². The summed E-state index contributed by atoms with van der Waals surface area (Å²) >= 11 is 1.50. The third-order valence-corrected chi connectivity index (χ3v) is 3.70. The van der Waals surface area contributed by atoms with E-state index in [-0.39, 0.29) is 5.82 Å². The highest BCUT2D eigenvalue weighted by Crippen LogP contribution is 2.24. The summed E-state index contributed by atoms with van der Waals surface area (Å²) in [5.74, 6) is 0.279. The second kappa shape index (κ2) is 6.02. The van der Waals surface area contributed by atoms with Gasteiger partial charge >= 0.3 is 0 Å². The van der Waals surface area contributed by atoms with Gasteiger partial charge in [-0.15, -0.1) is 11.8 Å². The second-order valence-electron chi connectivity index (χ2n) is 3.85. The number of aryl methyl sites for hydroxylation is 1. The summed E-state index contributed by atoms with van der Waals surface area (Å²) < 4.78 is 14.5. The average molecular weight is 266 g/mol. The zero-order chi connectivity index (χ0) is 13.0. The van der Waals surface area contributed by atoms with Gasteiger partial charge in [0.25, 0.3) is 0 Å². The van der Waals surface area contributed by atoms with Crippen LogP contribution in [0.15, 0.2) is 41.4 Å². The number of aliphatic hydroxyl groups excluding tert-OH is 1. The molecular weight excluding hydrogens is 251 g/mol. The minimum atomic E-state index is -0.567. The quantitative estimate of drug-likeness (QED) is 0.846. The lowest BCUT2D eigenvalue weighted by Crippen LogP contribution is -2.09. The van der Waals surface area contributed by atoms with Crippen LogP contribution in [0.5, 0.6) is 0 Å². The van der Waals surface area contributed by atoms with Crippen molar-refractivity contribution in [3.63, 3.8) is 0 Å². The molecule has 1 unspecified atom stereocenters. The first-order valence-electron chi connectivity index (χ1n) is 5.79. The average Bonchev–Trinajstić information content (AvgIpc) is 2.86. The van der Waals surface area contributed by atoms with Crippen LogP contribution in [0.2, 0.25) is 0 Å². The highest BCUT2D eigenvalue weighted by atomic mass is 32.2. The van der Waals surface area contributed by atoms with Gasteiger partial charge in [0.05, 0.1) is 5.69 Å². The van der Waals surface area contributed by atoms with Gasteiger partial charge in [0, 0.05) is 23.4 Å². The molecule has 5 heteroatoms. The van der Waals surface area contributed by atoms with Crippen LogP contribution < -0.4 is 0 Å². The molecule has 18 heavy (non-hydrogen) atoms. The van der Waals surface area contributed by atoms with Crippen LogP contribution in [-0.2, 0) is 6.54 Å². The first kappa shape index (κ1) is 13.1. The molecule has 1 atom stereocenters. The molecular formula is C13H15FN2OS. The van der Waals surface area contributed by atoms with Gasteiger partial charge in [-0.05, 0) is 37.3 Å². The van der Waals surface area contributed by atoms with Crippen molar-refractivity contribution in [2.24, 2.45) is 0 Å². The Morgan fingerprint density at radius 2 is 2.06 bits per heavy atom. The van der Waals surface area contributed by atoms with Crippen LogP contribution in [0.25, 0.3) is 0 Å². The lowest BCUT2D eigenvalue weighted by Gasteiger charge is -2.12. The van der Waals surface area contributed by atoms with E-state index in [9.17, 15) is 9.50 Å². The minimum Gasteiger partial charge on any atom is -0.386 e. The Labute approximate surface area is 110 Å². The SMILES string of the molecule is CCn1nccc1C(O)CSc1ccc(F)cc1. The standard InChI is InChI=1S/C13H15FN2OS/c1-2-16-12(7-8-15-16)13(17)9-18-11-5-3-10(14)4-6-11/h3-8,13,17H,2,9H2,1H3. The lowest BCUT2D eigenvalue weighted by molar-refractivity contribution is 0.192. The van der Waals surface area contributed by atoms with Crippen molar-refractivity contribution in [1.82, 2.24) is 9.78 Å². The van der Waals surface area contributed by atoms with E-state index in [0.29, 0.717) is 5.75 Å². The maximum atomic E-state index is 12.7. The number of halogens is 1. The predicted molar refractivity (Wildman–Crippen MR) is 70.0 cm³/mol. The number of thioether (sulfide) groups is 1. The Bertz CT molecular complexity index is 498. The molecule has 0 aliphatic carbocycles. The van der Waals surface area contributed by atoms with Crippen molar-refractivity contribution >= 4 is 11.8 Å². The molecule has 3 nitrogen and oxygen atoms in total. The van der Waals surface area contributed by atoms with Crippen LogP contribution in [0.4, 0.5) is 4.39 Å². The van der Waals surface area contributed by atoms with Crippen molar-refractivity contribution in [2.45, 2.75) is 24.5 Å². The molecule has 2 aromatic rings. The normalized spacial score (nSPS) is 12.6. The summed E-state index contributed by atoms with van der Waals surface area (Å²) in [6.45, 7) is 2.72. The van der Waals surface area contributed by atoms with Gasteiger partial charge < -0.3 is 5.11 Å². The van der Waals surface area contributed by atoms with Gasteiger partial charge in [-0.25, -0.2) is 4.39 Å². The molecule has 0 aliphatic heterocycles. The first-order valence-corrected chi connectivity index (χ1v) is 6.77.